The van der Waals surface area contributed by atoms with Gasteiger partial charge >= 0.3 is 0 Å². The molecule has 0 bridgehead atoms. The maximum Gasteiger partial charge on any atom is 0.255 e. The highest BCUT2D eigenvalue weighted by molar-refractivity contribution is 14.1. The first-order valence-corrected chi connectivity index (χ1v) is 8.82. The highest BCUT2D eigenvalue weighted by atomic mass is 127. The Morgan fingerprint density at radius 3 is 2.86 bits per heavy atom. The van der Waals surface area contributed by atoms with Gasteiger partial charge in [0.2, 0.25) is 5.88 Å². The quantitative estimate of drug-likeness (QED) is 0.639. The van der Waals surface area contributed by atoms with Crippen LogP contribution in [0.3, 0.4) is 0 Å². The molecule has 0 radical (unpaired) electrons. The van der Waals surface area contributed by atoms with Crippen LogP contribution >= 0.6 is 38.5 Å². The number of carbonyl (C=O) groups excluding carboxylic acids is 1. The summed E-state index contributed by atoms with van der Waals surface area (Å²) in [5.41, 5.74) is 0.755. The molecule has 0 saturated carbocycles. The van der Waals surface area contributed by atoms with Gasteiger partial charge in [-0.3, -0.25) is 4.79 Å². The van der Waals surface area contributed by atoms with E-state index >= 15 is 0 Å². The molecule has 2 heterocycles. The van der Waals surface area contributed by atoms with E-state index in [-0.39, 0.29) is 12.0 Å². The van der Waals surface area contributed by atoms with Crippen LogP contribution < -0.4 is 4.74 Å². The molecule has 1 saturated heterocycles. The summed E-state index contributed by atoms with van der Waals surface area (Å²) in [6.07, 6.45) is 2.53. The number of likely N-dealkylation sites (tertiary alicyclic amines) is 1. The minimum absolute atomic E-state index is 0.000927. The lowest BCUT2D eigenvalue weighted by atomic mass is 10.2. The average Bonchev–Trinajstić information content (AvgIpc) is 2.98. The van der Waals surface area contributed by atoms with Crippen molar-refractivity contribution in [2.75, 3.05) is 13.1 Å². The molecule has 2 aromatic rings. The minimum atomic E-state index is -0.000927. The number of ether oxygens (including phenoxy) is 1. The van der Waals surface area contributed by atoms with Crippen molar-refractivity contribution >= 4 is 44.4 Å². The van der Waals surface area contributed by atoms with Crippen molar-refractivity contribution in [1.82, 2.24) is 9.88 Å². The van der Waals surface area contributed by atoms with Gasteiger partial charge in [0.05, 0.1) is 12.1 Å². The van der Waals surface area contributed by atoms with Crippen molar-refractivity contribution in [3.63, 3.8) is 0 Å². The lowest BCUT2D eigenvalue weighted by Gasteiger charge is -2.17. The molecule has 0 spiro atoms. The second-order valence-corrected chi connectivity index (χ2v) is 7.15. The Balaban J connectivity index is 1.63. The third-order valence-electron chi connectivity index (χ3n) is 3.52. The number of halogens is 2. The Morgan fingerprint density at radius 1 is 1.32 bits per heavy atom. The van der Waals surface area contributed by atoms with Crippen LogP contribution in [0.1, 0.15) is 16.8 Å². The van der Waals surface area contributed by atoms with Crippen LogP contribution in [-0.4, -0.2) is 35.0 Å². The molecule has 6 heteroatoms. The summed E-state index contributed by atoms with van der Waals surface area (Å²) < 4.78 is 7.74. The number of hydrogen-bond donors (Lipinski definition) is 0. The van der Waals surface area contributed by atoms with Crippen LogP contribution in [0.25, 0.3) is 0 Å². The van der Waals surface area contributed by atoms with Crippen LogP contribution in [-0.2, 0) is 0 Å². The van der Waals surface area contributed by atoms with E-state index in [1.54, 1.807) is 6.20 Å². The normalized spacial score (nSPS) is 17.5. The van der Waals surface area contributed by atoms with E-state index in [1.165, 1.54) is 0 Å². The van der Waals surface area contributed by atoms with Gasteiger partial charge in [0.1, 0.15) is 6.10 Å². The molecule has 1 aromatic heterocycles. The molecule has 0 N–H and O–H groups in total. The van der Waals surface area contributed by atoms with Gasteiger partial charge in [0, 0.05) is 33.3 Å². The van der Waals surface area contributed by atoms with E-state index in [1.807, 2.05) is 41.3 Å². The van der Waals surface area contributed by atoms with E-state index in [0.717, 1.165) is 20.0 Å². The second kappa shape index (κ2) is 6.95. The number of benzene rings is 1. The predicted molar refractivity (Wildman–Crippen MR) is 96.0 cm³/mol. The van der Waals surface area contributed by atoms with Crippen molar-refractivity contribution in [3.8, 4) is 5.88 Å². The van der Waals surface area contributed by atoms with Gasteiger partial charge in [-0.2, -0.15) is 0 Å². The molecule has 1 unspecified atom stereocenters. The van der Waals surface area contributed by atoms with E-state index in [4.69, 9.17) is 4.74 Å². The smallest absolute Gasteiger partial charge is 0.255 e. The summed E-state index contributed by atoms with van der Waals surface area (Å²) in [4.78, 5) is 18.6. The molecule has 1 fully saturated rings. The minimum Gasteiger partial charge on any atom is -0.472 e. The first-order chi connectivity index (χ1) is 10.6. The zero-order valence-electron chi connectivity index (χ0n) is 11.7. The van der Waals surface area contributed by atoms with Crippen LogP contribution in [0.5, 0.6) is 5.88 Å². The van der Waals surface area contributed by atoms with Gasteiger partial charge in [0.15, 0.2) is 0 Å². The first kappa shape index (κ1) is 15.7. The average molecular weight is 473 g/mol. The number of rotatable bonds is 3. The van der Waals surface area contributed by atoms with Crippen LogP contribution in [0.15, 0.2) is 47.1 Å². The van der Waals surface area contributed by atoms with Crippen molar-refractivity contribution in [2.24, 2.45) is 0 Å². The zero-order chi connectivity index (χ0) is 15.5. The maximum absolute atomic E-state index is 12.6. The monoisotopic (exact) mass is 472 g/mol. The fourth-order valence-corrected chi connectivity index (χ4v) is 3.27. The van der Waals surface area contributed by atoms with Crippen LogP contribution in [0, 0.1) is 3.57 Å². The fourth-order valence-electron chi connectivity index (χ4n) is 2.42. The number of carbonyl (C=O) groups is 1. The molecule has 114 valence electrons. The number of pyridine rings is 1. The lowest BCUT2D eigenvalue weighted by Crippen LogP contribution is -2.31. The second-order valence-electron chi connectivity index (χ2n) is 5.07. The van der Waals surface area contributed by atoms with Gasteiger partial charge in [-0.05, 0) is 56.7 Å². The number of aromatic nitrogens is 1. The molecule has 0 aliphatic carbocycles. The Morgan fingerprint density at radius 2 is 2.14 bits per heavy atom. The van der Waals surface area contributed by atoms with Crippen molar-refractivity contribution < 1.29 is 9.53 Å². The fraction of sp³-hybridized carbons (Fsp3) is 0.250. The third kappa shape index (κ3) is 3.60. The Labute approximate surface area is 151 Å². The molecule has 4 nitrogen and oxygen atoms in total. The van der Waals surface area contributed by atoms with Gasteiger partial charge in [-0.25, -0.2) is 4.98 Å². The SMILES string of the molecule is O=C(c1ccccc1I)N1CCC(Oc2ccc(Br)cn2)C1. The lowest BCUT2D eigenvalue weighted by molar-refractivity contribution is 0.0770. The third-order valence-corrected chi connectivity index (χ3v) is 4.93. The topological polar surface area (TPSA) is 42.4 Å². The summed E-state index contributed by atoms with van der Waals surface area (Å²) in [6.45, 7) is 1.31. The Bertz CT molecular complexity index is 678. The molecular weight excluding hydrogens is 459 g/mol. The molecule has 1 aromatic carbocycles. The Kier molecular flexibility index (Phi) is 4.97. The largest absolute Gasteiger partial charge is 0.472 e. The van der Waals surface area contributed by atoms with Crippen molar-refractivity contribution in [1.29, 1.82) is 0 Å². The molecular formula is C16H14BrIN2O2. The number of amides is 1. The van der Waals surface area contributed by atoms with Gasteiger partial charge in [-0.15, -0.1) is 0 Å². The predicted octanol–water partition coefficient (Wildman–Crippen LogP) is 3.74. The van der Waals surface area contributed by atoms with Gasteiger partial charge in [0.25, 0.3) is 5.91 Å². The Hall–Kier alpha value is -1.15. The van der Waals surface area contributed by atoms with E-state index in [9.17, 15) is 4.79 Å². The molecule has 1 aliphatic heterocycles. The van der Waals surface area contributed by atoms with Crippen LogP contribution in [0.4, 0.5) is 0 Å². The maximum atomic E-state index is 12.6. The summed E-state index contributed by atoms with van der Waals surface area (Å²) in [5.74, 6) is 0.664. The molecule has 22 heavy (non-hydrogen) atoms. The highest BCUT2D eigenvalue weighted by Crippen LogP contribution is 2.21. The standard InChI is InChI=1S/C16H14BrIN2O2/c17-11-5-6-15(19-9-11)22-12-7-8-20(10-12)16(21)13-3-1-2-4-14(13)18/h1-6,9,12H,7-8,10H2. The molecule has 1 amide bonds. The summed E-state index contributed by atoms with van der Waals surface area (Å²) in [7, 11) is 0. The van der Waals surface area contributed by atoms with Crippen LogP contribution in [0.2, 0.25) is 0 Å². The molecule has 3 rings (SSSR count). The number of nitrogens with zero attached hydrogens (tertiary/aromatic N) is 2. The van der Waals surface area contributed by atoms with Gasteiger partial charge < -0.3 is 9.64 Å². The number of hydrogen-bond acceptors (Lipinski definition) is 3. The molecule has 1 atom stereocenters. The first-order valence-electron chi connectivity index (χ1n) is 6.95. The van der Waals surface area contributed by atoms with E-state index < -0.39 is 0 Å². The van der Waals surface area contributed by atoms with Crippen molar-refractivity contribution in [3.05, 3.63) is 56.2 Å². The van der Waals surface area contributed by atoms with Gasteiger partial charge in [-0.1, -0.05) is 12.1 Å². The summed E-state index contributed by atoms with van der Waals surface area (Å²) >= 11 is 5.54. The zero-order valence-corrected chi connectivity index (χ0v) is 15.5. The highest BCUT2D eigenvalue weighted by Gasteiger charge is 2.29. The molecule has 1 aliphatic rings. The van der Waals surface area contributed by atoms with E-state index in [0.29, 0.717) is 19.0 Å². The summed E-state index contributed by atoms with van der Waals surface area (Å²) in [6, 6.07) is 11.4. The van der Waals surface area contributed by atoms with E-state index in [2.05, 4.69) is 43.5 Å². The summed E-state index contributed by atoms with van der Waals surface area (Å²) in [5, 5.41) is 0. The van der Waals surface area contributed by atoms with Crippen molar-refractivity contribution in [2.45, 2.75) is 12.5 Å².